The SMILES string of the molecule is CN1CCN(Cc2ccccc2C(=N)N)CC1. The molecular weight excluding hydrogens is 212 g/mol. The Bertz CT molecular complexity index is 394. The van der Waals surface area contributed by atoms with E-state index in [1.54, 1.807) is 0 Å². The molecule has 0 aromatic heterocycles. The maximum atomic E-state index is 7.58. The van der Waals surface area contributed by atoms with Gasteiger partial charge in [-0.05, 0) is 12.6 Å². The lowest BCUT2D eigenvalue weighted by Crippen LogP contribution is -2.44. The maximum absolute atomic E-state index is 7.58. The first-order valence-corrected chi connectivity index (χ1v) is 6.00. The van der Waals surface area contributed by atoms with Crippen LogP contribution in [0.1, 0.15) is 11.1 Å². The van der Waals surface area contributed by atoms with Crippen molar-refractivity contribution in [3.8, 4) is 0 Å². The number of rotatable bonds is 3. The average Bonchev–Trinajstić information content (AvgIpc) is 2.32. The van der Waals surface area contributed by atoms with Crippen molar-refractivity contribution >= 4 is 5.84 Å². The van der Waals surface area contributed by atoms with E-state index in [0.29, 0.717) is 0 Å². The number of nitrogen functional groups attached to an aromatic ring is 1. The maximum Gasteiger partial charge on any atom is 0.123 e. The lowest BCUT2D eigenvalue weighted by atomic mass is 10.1. The largest absolute Gasteiger partial charge is 0.384 e. The Kier molecular flexibility index (Phi) is 3.76. The molecule has 3 N–H and O–H groups in total. The van der Waals surface area contributed by atoms with Gasteiger partial charge in [-0.15, -0.1) is 0 Å². The van der Waals surface area contributed by atoms with Crippen molar-refractivity contribution < 1.29 is 0 Å². The Morgan fingerprint density at radius 3 is 2.53 bits per heavy atom. The summed E-state index contributed by atoms with van der Waals surface area (Å²) in [6, 6.07) is 7.94. The van der Waals surface area contributed by atoms with E-state index in [1.165, 1.54) is 0 Å². The summed E-state index contributed by atoms with van der Waals surface area (Å²) in [4.78, 5) is 4.76. The van der Waals surface area contributed by atoms with Gasteiger partial charge in [0.05, 0.1) is 0 Å². The first-order valence-electron chi connectivity index (χ1n) is 6.00. The fourth-order valence-electron chi connectivity index (χ4n) is 2.17. The normalized spacial score (nSPS) is 18.2. The minimum atomic E-state index is 0.162. The van der Waals surface area contributed by atoms with Gasteiger partial charge in [0.15, 0.2) is 0 Å². The number of benzene rings is 1. The first kappa shape index (κ1) is 12.1. The lowest BCUT2D eigenvalue weighted by molar-refractivity contribution is 0.148. The molecule has 0 radical (unpaired) electrons. The van der Waals surface area contributed by atoms with Crippen LogP contribution < -0.4 is 5.73 Å². The Hall–Kier alpha value is -1.39. The topological polar surface area (TPSA) is 56.4 Å². The van der Waals surface area contributed by atoms with E-state index in [2.05, 4.69) is 22.9 Å². The van der Waals surface area contributed by atoms with Gasteiger partial charge in [-0.25, -0.2) is 0 Å². The molecule has 92 valence electrons. The standard InChI is InChI=1S/C13H20N4/c1-16-6-8-17(9-7-16)10-11-4-2-3-5-12(11)13(14)15/h2-5H,6-10H2,1H3,(H3,14,15). The molecule has 1 heterocycles. The minimum absolute atomic E-state index is 0.162. The molecule has 0 aliphatic carbocycles. The number of amidine groups is 1. The van der Waals surface area contributed by atoms with E-state index in [0.717, 1.165) is 43.9 Å². The lowest BCUT2D eigenvalue weighted by Gasteiger charge is -2.32. The van der Waals surface area contributed by atoms with Gasteiger partial charge in [-0.1, -0.05) is 24.3 Å². The van der Waals surface area contributed by atoms with E-state index in [1.807, 2.05) is 18.2 Å². The number of likely N-dealkylation sites (N-methyl/N-ethyl adjacent to an activating group) is 1. The highest BCUT2D eigenvalue weighted by atomic mass is 15.2. The van der Waals surface area contributed by atoms with Crippen molar-refractivity contribution in [2.45, 2.75) is 6.54 Å². The fraction of sp³-hybridized carbons (Fsp3) is 0.462. The zero-order valence-corrected chi connectivity index (χ0v) is 10.3. The molecule has 1 aromatic rings. The van der Waals surface area contributed by atoms with Crippen LogP contribution in [0.2, 0.25) is 0 Å². The van der Waals surface area contributed by atoms with E-state index in [4.69, 9.17) is 11.1 Å². The van der Waals surface area contributed by atoms with Crippen LogP contribution in [0.4, 0.5) is 0 Å². The Labute approximate surface area is 103 Å². The summed E-state index contributed by atoms with van der Waals surface area (Å²) in [5.74, 6) is 0.162. The second-order valence-electron chi connectivity index (χ2n) is 4.65. The molecule has 0 amide bonds. The van der Waals surface area contributed by atoms with Crippen molar-refractivity contribution in [3.63, 3.8) is 0 Å². The average molecular weight is 232 g/mol. The summed E-state index contributed by atoms with van der Waals surface area (Å²) >= 11 is 0. The number of piperazine rings is 1. The number of hydrogen-bond acceptors (Lipinski definition) is 3. The molecular formula is C13H20N4. The van der Waals surface area contributed by atoms with Crippen molar-refractivity contribution in [3.05, 3.63) is 35.4 Å². The van der Waals surface area contributed by atoms with Gasteiger partial charge in [0.2, 0.25) is 0 Å². The third kappa shape index (κ3) is 3.05. The molecule has 1 aliphatic rings. The highest BCUT2D eigenvalue weighted by molar-refractivity contribution is 5.96. The molecule has 1 aromatic carbocycles. The molecule has 17 heavy (non-hydrogen) atoms. The van der Waals surface area contributed by atoms with Crippen LogP contribution in [-0.2, 0) is 6.54 Å². The second kappa shape index (κ2) is 5.29. The smallest absolute Gasteiger partial charge is 0.123 e. The third-order valence-electron chi connectivity index (χ3n) is 3.30. The van der Waals surface area contributed by atoms with Crippen LogP contribution in [0, 0.1) is 5.41 Å². The van der Waals surface area contributed by atoms with Crippen LogP contribution in [0.15, 0.2) is 24.3 Å². The van der Waals surface area contributed by atoms with Gasteiger partial charge in [0.25, 0.3) is 0 Å². The van der Waals surface area contributed by atoms with Crippen molar-refractivity contribution in [2.24, 2.45) is 5.73 Å². The Morgan fingerprint density at radius 1 is 1.24 bits per heavy atom. The predicted octanol–water partition coefficient (Wildman–Crippen LogP) is 0.718. The first-order chi connectivity index (χ1) is 8.16. The summed E-state index contributed by atoms with van der Waals surface area (Å²) < 4.78 is 0. The number of nitrogens with two attached hydrogens (primary N) is 1. The monoisotopic (exact) mass is 232 g/mol. The van der Waals surface area contributed by atoms with Gasteiger partial charge >= 0.3 is 0 Å². The van der Waals surface area contributed by atoms with E-state index in [-0.39, 0.29) is 5.84 Å². The van der Waals surface area contributed by atoms with Crippen LogP contribution in [0.25, 0.3) is 0 Å². The number of nitrogens with zero attached hydrogens (tertiary/aromatic N) is 2. The van der Waals surface area contributed by atoms with Crippen LogP contribution in [0.3, 0.4) is 0 Å². The third-order valence-corrected chi connectivity index (χ3v) is 3.30. The zero-order chi connectivity index (χ0) is 12.3. The highest BCUT2D eigenvalue weighted by Gasteiger charge is 2.15. The van der Waals surface area contributed by atoms with Crippen LogP contribution in [0.5, 0.6) is 0 Å². The fourth-order valence-corrected chi connectivity index (χ4v) is 2.17. The summed E-state index contributed by atoms with van der Waals surface area (Å²) in [6.45, 7) is 5.29. The van der Waals surface area contributed by atoms with E-state index < -0.39 is 0 Å². The highest BCUT2D eigenvalue weighted by Crippen LogP contribution is 2.12. The molecule has 1 saturated heterocycles. The Balaban J connectivity index is 2.05. The molecule has 0 saturated carbocycles. The summed E-state index contributed by atoms with van der Waals surface area (Å²) in [6.07, 6.45) is 0. The van der Waals surface area contributed by atoms with Gasteiger partial charge in [-0.3, -0.25) is 10.3 Å². The molecule has 4 nitrogen and oxygen atoms in total. The van der Waals surface area contributed by atoms with Crippen LogP contribution >= 0.6 is 0 Å². The van der Waals surface area contributed by atoms with Crippen LogP contribution in [-0.4, -0.2) is 48.9 Å². The molecule has 0 bridgehead atoms. The number of nitrogens with one attached hydrogen (secondary N) is 1. The van der Waals surface area contributed by atoms with Crippen molar-refractivity contribution in [1.82, 2.24) is 9.80 Å². The zero-order valence-electron chi connectivity index (χ0n) is 10.3. The van der Waals surface area contributed by atoms with Gasteiger partial charge in [-0.2, -0.15) is 0 Å². The molecule has 1 fully saturated rings. The quantitative estimate of drug-likeness (QED) is 0.596. The molecule has 1 aliphatic heterocycles. The van der Waals surface area contributed by atoms with Crippen molar-refractivity contribution in [2.75, 3.05) is 33.2 Å². The van der Waals surface area contributed by atoms with Gasteiger partial charge < -0.3 is 10.6 Å². The molecule has 2 rings (SSSR count). The van der Waals surface area contributed by atoms with Gasteiger partial charge in [0, 0.05) is 38.3 Å². The molecule has 0 spiro atoms. The summed E-state index contributed by atoms with van der Waals surface area (Å²) in [5, 5.41) is 7.58. The summed E-state index contributed by atoms with van der Waals surface area (Å²) in [5.41, 5.74) is 7.62. The molecule has 0 atom stereocenters. The van der Waals surface area contributed by atoms with Crippen molar-refractivity contribution in [1.29, 1.82) is 5.41 Å². The van der Waals surface area contributed by atoms with E-state index in [9.17, 15) is 0 Å². The summed E-state index contributed by atoms with van der Waals surface area (Å²) in [7, 11) is 2.15. The molecule has 4 heteroatoms. The molecule has 0 unspecified atom stereocenters. The Morgan fingerprint density at radius 2 is 1.88 bits per heavy atom. The van der Waals surface area contributed by atoms with Gasteiger partial charge in [0.1, 0.15) is 5.84 Å². The second-order valence-corrected chi connectivity index (χ2v) is 4.65. The minimum Gasteiger partial charge on any atom is -0.384 e. The predicted molar refractivity (Wildman–Crippen MR) is 70.2 cm³/mol. The van der Waals surface area contributed by atoms with E-state index >= 15 is 0 Å². The number of hydrogen-bond donors (Lipinski definition) is 2.